The van der Waals surface area contributed by atoms with E-state index in [0.29, 0.717) is 6.07 Å². The van der Waals surface area contributed by atoms with Crippen molar-refractivity contribution in [2.24, 2.45) is 11.8 Å². The highest BCUT2D eigenvalue weighted by Gasteiger charge is 2.43. The molecule has 2 rings (SSSR count). The van der Waals surface area contributed by atoms with E-state index in [9.17, 15) is 27.6 Å². The summed E-state index contributed by atoms with van der Waals surface area (Å²) in [4.78, 5) is 41.0. The number of carbonyl (C=O) groups excluding carboxylic acids is 3. The highest BCUT2D eigenvalue weighted by atomic mass is 19.4. The number of rotatable bonds is 5. The van der Waals surface area contributed by atoms with E-state index in [-0.39, 0.29) is 23.4 Å². The third kappa shape index (κ3) is 4.06. The summed E-state index contributed by atoms with van der Waals surface area (Å²) >= 11 is 0. The van der Waals surface area contributed by atoms with Crippen molar-refractivity contribution < 1.29 is 42.1 Å². The maximum atomic E-state index is 13.0. The van der Waals surface area contributed by atoms with E-state index in [0.717, 1.165) is 13.2 Å². The first-order valence-electron chi connectivity index (χ1n) is 8.22. The monoisotopic (exact) mass is 401 g/mol. The molecule has 2 atom stereocenters. The predicted octanol–water partition coefficient (Wildman–Crippen LogP) is 2.21. The molecule has 0 aromatic carbocycles. The molecule has 0 bridgehead atoms. The average Bonchev–Trinajstić information content (AvgIpc) is 2.63. The Balaban J connectivity index is 2.61. The van der Waals surface area contributed by atoms with Crippen molar-refractivity contribution in [2.45, 2.75) is 26.4 Å². The van der Waals surface area contributed by atoms with Crippen molar-refractivity contribution >= 4 is 17.5 Å². The number of halogens is 3. The summed E-state index contributed by atoms with van der Waals surface area (Å²) in [6, 6.07) is 1.54. The van der Waals surface area contributed by atoms with Crippen molar-refractivity contribution in [3.05, 3.63) is 40.4 Å². The molecule has 1 aromatic heterocycles. The maximum Gasteiger partial charge on any atom is 0.433 e. The molecule has 1 aliphatic carbocycles. The molecule has 0 spiro atoms. The van der Waals surface area contributed by atoms with Gasteiger partial charge < -0.3 is 14.6 Å². The van der Waals surface area contributed by atoms with Crippen LogP contribution in [0.1, 0.15) is 35.1 Å². The zero-order valence-corrected chi connectivity index (χ0v) is 15.3. The van der Waals surface area contributed by atoms with Crippen LogP contribution in [0.15, 0.2) is 23.5 Å². The van der Waals surface area contributed by atoms with E-state index < -0.39 is 53.6 Å². The standard InChI is InChI=1S/C18H18F3NO6/c1-8-6-11(17(26)27-3)16(28-7-23)13(14(8)24)15(25)10-4-5-12(18(19,20)21)22-9(10)2/h4-5,8,11,23H,6-7H2,1-3H3. The van der Waals surface area contributed by atoms with Gasteiger partial charge in [-0.15, -0.1) is 0 Å². The maximum absolute atomic E-state index is 13.0. The van der Waals surface area contributed by atoms with Crippen LogP contribution in [0.2, 0.25) is 0 Å². The number of aromatic nitrogens is 1. The number of ketones is 2. The number of allylic oxidation sites excluding steroid dienone is 1. The first kappa shape index (κ1) is 21.5. The predicted molar refractivity (Wildman–Crippen MR) is 87.8 cm³/mol. The van der Waals surface area contributed by atoms with Gasteiger partial charge in [-0.25, -0.2) is 4.98 Å². The number of aryl methyl sites for hydroxylation is 1. The van der Waals surface area contributed by atoms with Crippen molar-refractivity contribution in [2.75, 3.05) is 13.9 Å². The second-order valence-corrected chi connectivity index (χ2v) is 6.25. The molecule has 10 heteroatoms. The number of methoxy groups -OCH3 is 1. The summed E-state index contributed by atoms with van der Waals surface area (Å²) in [5, 5.41) is 9.13. The zero-order valence-electron chi connectivity index (χ0n) is 15.3. The molecule has 1 aromatic rings. The third-order valence-electron chi connectivity index (χ3n) is 4.40. The molecule has 1 aliphatic rings. The third-order valence-corrected chi connectivity index (χ3v) is 4.40. The number of Topliss-reactive ketones (excluding diaryl/α,β-unsaturated/α-hetero) is 2. The minimum Gasteiger partial charge on any atom is -0.470 e. The van der Waals surface area contributed by atoms with Crippen molar-refractivity contribution in [1.29, 1.82) is 0 Å². The molecule has 2 unspecified atom stereocenters. The van der Waals surface area contributed by atoms with E-state index >= 15 is 0 Å². The van der Waals surface area contributed by atoms with Gasteiger partial charge in [-0.3, -0.25) is 14.4 Å². The minimum absolute atomic E-state index is 0.00185. The molecule has 0 amide bonds. The normalized spacial score (nSPS) is 20.2. The molecular formula is C18H18F3NO6. The van der Waals surface area contributed by atoms with Crippen molar-refractivity contribution in [1.82, 2.24) is 4.98 Å². The summed E-state index contributed by atoms with van der Waals surface area (Å²) in [7, 11) is 1.12. The van der Waals surface area contributed by atoms with E-state index in [1.54, 1.807) is 0 Å². The second kappa shape index (κ2) is 8.09. The molecule has 152 valence electrons. The minimum atomic E-state index is -4.69. The Morgan fingerprint density at radius 2 is 1.96 bits per heavy atom. The number of hydrogen-bond acceptors (Lipinski definition) is 7. The fraction of sp³-hybridized carbons (Fsp3) is 0.444. The van der Waals surface area contributed by atoms with E-state index in [2.05, 4.69) is 9.72 Å². The fourth-order valence-corrected chi connectivity index (χ4v) is 3.01. The van der Waals surface area contributed by atoms with E-state index in [1.165, 1.54) is 13.8 Å². The lowest BCUT2D eigenvalue weighted by molar-refractivity contribution is -0.147. The number of esters is 1. The summed E-state index contributed by atoms with van der Waals surface area (Å²) in [6.07, 6.45) is -4.69. The Kier molecular flexibility index (Phi) is 6.23. The summed E-state index contributed by atoms with van der Waals surface area (Å²) < 4.78 is 48.1. The highest BCUT2D eigenvalue weighted by Crippen LogP contribution is 2.35. The van der Waals surface area contributed by atoms with Gasteiger partial charge in [0.05, 0.1) is 7.11 Å². The van der Waals surface area contributed by atoms with Gasteiger partial charge in [0.15, 0.2) is 12.6 Å². The number of ether oxygens (including phenoxy) is 2. The van der Waals surface area contributed by atoms with Crippen LogP contribution in [-0.2, 0) is 25.2 Å². The number of hydrogen-bond donors (Lipinski definition) is 1. The lowest BCUT2D eigenvalue weighted by Gasteiger charge is -2.28. The molecule has 7 nitrogen and oxygen atoms in total. The number of aliphatic hydroxyl groups excluding tert-OH is 1. The van der Waals surface area contributed by atoms with Gasteiger partial charge in [-0.1, -0.05) is 6.92 Å². The van der Waals surface area contributed by atoms with Gasteiger partial charge in [-0.05, 0) is 25.5 Å². The van der Waals surface area contributed by atoms with Crippen LogP contribution in [0.3, 0.4) is 0 Å². The first-order chi connectivity index (χ1) is 13.0. The van der Waals surface area contributed by atoms with Crippen LogP contribution in [0, 0.1) is 18.8 Å². The Morgan fingerprint density at radius 3 is 2.46 bits per heavy atom. The van der Waals surface area contributed by atoms with Crippen LogP contribution < -0.4 is 0 Å². The molecular weight excluding hydrogens is 383 g/mol. The Bertz CT molecular complexity index is 846. The molecule has 0 radical (unpaired) electrons. The molecule has 0 saturated heterocycles. The molecule has 1 heterocycles. The van der Waals surface area contributed by atoms with Gasteiger partial charge in [0, 0.05) is 17.2 Å². The SMILES string of the molecule is COC(=O)C1CC(C)C(=O)C(C(=O)c2ccc(C(F)(F)F)nc2C)=C1OCO. The van der Waals surface area contributed by atoms with E-state index in [4.69, 9.17) is 9.84 Å². The number of carbonyl (C=O) groups is 3. The molecule has 0 fully saturated rings. The molecule has 28 heavy (non-hydrogen) atoms. The van der Waals surface area contributed by atoms with Gasteiger partial charge in [-0.2, -0.15) is 13.2 Å². The largest absolute Gasteiger partial charge is 0.470 e. The van der Waals surface area contributed by atoms with Crippen LogP contribution in [0.4, 0.5) is 13.2 Å². The quantitative estimate of drug-likeness (QED) is 0.349. The van der Waals surface area contributed by atoms with Gasteiger partial charge >= 0.3 is 12.1 Å². The number of aliphatic hydroxyl groups is 1. The Hall–Kier alpha value is -2.75. The topological polar surface area (TPSA) is 103 Å². The fourth-order valence-electron chi connectivity index (χ4n) is 3.01. The number of nitrogens with zero attached hydrogens (tertiary/aromatic N) is 1. The Morgan fingerprint density at radius 1 is 1.32 bits per heavy atom. The van der Waals surface area contributed by atoms with Crippen molar-refractivity contribution in [3.8, 4) is 0 Å². The zero-order chi connectivity index (χ0) is 21.2. The summed E-state index contributed by atoms with van der Waals surface area (Å²) in [6.45, 7) is 1.79. The van der Waals surface area contributed by atoms with E-state index in [1.807, 2.05) is 0 Å². The smallest absolute Gasteiger partial charge is 0.433 e. The van der Waals surface area contributed by atoms with Gasteiger partial charge in [0.25, 0.3) is 0 Å². The van der Waals surface area contributed by atoms with Gasteiger partial charge in [0.1, 0.15) is 22.9 Å². The van der Waals surface area contributed by atoms with Crippen LogP contribution in [0.5, 0.6) is 0 Å². The van der Waals surface area contributed by atoms with Crippen molar-refractivity contribution in [3.63, 3.8) is 0 Å². The lowest BCUT2D eigenvalue weighted by atomic mass is 9.78. The molecule has 1 N–H and O–H groups in total. The van der Waals surface area contributed by atoms with Crippen LogP contribution >= 0.6 is 0 Å². The summed E-state index contributed by atoms with van der Waals surface area (Å²) in [5.74, 6) is -4.55. The number of alkyl halides is 3. The first-order valence-corrected chi connectivity index (χ1v) is 8.22. The second-order valence-electron chi connectivity index (χ2n) is 6.25. The molecule has 0 aliphatic heterocycles. The van der Waals surface area contributed by atoms with Gasteiger partial charge in [0.2, 0.25) is 5.78 Å². The summed E-state index contributed by atoms with van der Waals surface area (Å²) in [5.41, 5.74) is -2.17. The van der Waals surface area contributed by atoms with Crippen LogP contribution in [-0.4, -0.2) is 41.5 Å². The number of pyridine rings is 1. The highest BCUT2D eigenvalue weighted by molar-refractivity contribution is 6.28. The average molecular weight is 401 g/mol. The molecule has 0 saturated carbocycles. The lowest BCUT2D eigenvalue weighted by Crippen LogP contribution is -2.36. The Labute approximate surface area is 158 Å². The van der Waals surface area contributed by atoms with Crippen LogP contribution in [0.25, 0.3) is 0 Å².